The van der Waals surface area contributed by atoms with E-state index < -0.39 is 17.9 Å². The molecule has 1 amide bonds. The van der Waals surface area contributed by atoms with Crippen molar-refractivity contribution in [2.24, 2.45) is 0 Å². The van der Waals surface area contributed by atoms with E-state index in [0.29, 0.717) is 18.7 Å². The highest BCUT2D eigenvalue weighted by Gasteiger charge is 2.35. The molecule has 0 saturated carbocycles. The molecule has 0 aliphatic heterocycles. The van der Waals surface area contributed by atoms with Crippen LogP contribution in [0.25, 0.3) is 5.95 Å². The van der Waals surface area contributed by atoms with Crippen LogP contribution in [0.5, 0.6) is 0 Å². The fourth-order valence-corrected chi connectivity index (χ4v) is 2.23. The SMILES string of the molecule is Cc1nc(C(=O)NCCc2ccc(N)cc2)nn1-c1n[nH]c(C(F)(F)F)n1. The van der Waals surface area contributed by atoms with Gasteiger partial charge in [0, 0.05) is 12.2 Å². The first-order valence-electron chi connectivity index (χ1n) is 7.80. The summed E-state index contributed by atoms with van der Waals surface area (Å²) in [4.78, 5) is 19.4. The molecule has 3 rings (SSSR count). The Bertz CT molecular complexity index is 945. The molecule has 2 heterocycles. The zero-order valence-electron chi connectivity index (χ0n) is 14.1. The largest absolute Gasteiger partial charge is 0.451 e. The van der Waals surface area contributed by atoms with Crippen molar-refractivity contribution in [1.29, 1.82) is 0 Å². The van der Waals surface area contributed by atoms with Gasteiger partial charge in [-0.3, -0.25) is 9.89 Å². The van der Waals surface area contributed by atoms with E-state index in [1.807, 2.05) is 12.1 Å². The Hall–Kier alpha value is -3.44. The first kappa shape index (κ1) is 18.4. The van der Waals surface area contributed by atoms with Crippen molar-refractivity contribution in [1.82, 2.24) is 35.3 Å². The van der Waals surface area contributed by atoms with Crippen LogP contribution in [0.1, 0.15) is 27.8 Å². The molecule has 0 spiro atoms. The second kappa shape index (κ2) is 7.05. The maximum atomic E-state index is 12.6. The summed E-state index contributed by atoms with van der Waals surface area (Å²) < 4.78 is 38.8. The lowest BCUT2D eigenvalue weighted by Gasteiger charge is -2.03. The van der Waals surface area contributed by atoms with Crippen LogP contribution in [0.2, 0.25) is 0 Å². The molecule has 142 valence electrons. The monoisotopic (exact) mass is 380 g/mol. The molecule has 0 aliphatic rings. The lowest BCUT2D eigenvalue weighted by atomic mass is 10.1. The van der Waals surface area contributed by atoms with Gasteiger partial charge in [-0.1, -0.05) is 12.1 Å². The van der Waals surface area contributed by atoms with E-state index in [2.05, 4.69) is 25.5 Å². The number of hydrogen-bond acceptors (Lipinski definition) is 6. The van der Waals surface area contributed by atoms with Crippen molar-refractivity contribution in [3.05, 3.63) is 47.3 Å². The third-order valence-electron chi connectivity index (χ3n) is 3.58. The normalized spacial score (nSPS) is 11.6. The molecular weight excluding hydrogens is 365 g/mol. The van der Waals surface area contributed by atoms with E-state index in [0.717, 1.165) is 10.2 Å². The van der Waals surface area contributed by atoms with Crippen LogP contribution in [0, 0.1) is 6.92 Å². The second-order valence-electron chi connectivity index (χ2n) is 5.62. The number of carbonyl (C=O) groups is 1. The minimum atomic E-state index is -4.66. The summed E-state index contributed by atoms with van der Waals surface area (Å²) in [5, 5.41) is 11.8. The molecule has 2 aromatic heterocycles. The zero-order chi connectivity index (χ0) is 19.6. The fraction of sp³-hybridized carbons (Fsp3) is 0.267. The van der Waals surface area contributed by atoms with Crippen molar-refractivity contribution < 1.29 is 18.0 Å². The number of nitrogens with zero attached hydrogens (tertiary/aromatic N) is 5. The molecule has 0 bridgehead atoms. The number of aromatic amines is 1. The second-order valence-corrected chi connectivity index (χ2v) is 5.62. The summed E-state index contributed by atoms with van der Waals surface area (Å²) in [6.07, 6.45) is -4.09. The molecule has 12 heteroatoms. The summed E-state index contributed by atoms with van der Waals surface area (Å²) in [5.41, 5.74) is 7.24. The van der Waals surface area contributed by atoms with Crippen LogP contribution in [-0.4, -0.2) is 42.4 Å². The Labute approximate surface area is 150 Å². The van der Waals surface area contributed by atoms with Crippen molar-refractivity contribution in [2.75, 3.05) is 12.3 Å². The van der Waals surface area contributed by atoms with Gasteiger partial charge >= 0.3 is 6.18 Å². The van der Waals surface area contributed by atoms with E-state index >= 15 is 0 Å². The van der Waals surface area contributed by atoms with Gasteiger partial charge in [0.1, 0.15) is 5.82 Å². The number of halogens is 3. The summed E-state index contributed by atoms with van der Waals surface area (Å²) >= 11 is 0. The average Bonchev–Trinajstić information content (AvgIpc) is 3.23. The van der Waals surface area contributed by atoms with E-state index in [9.17, 15) is 18.0 Å². The first-order chi connectivity index (χ1) is 12.7. The molecule has 27 heavy (non-hydrogen) atoms. The van der Waals surface area contributed by atoms with Crippen molar-refractivity contribution >= 4 is 11.6 Å². The summed E-state index contributed by atoms with van der Waals surface area (Å²) in [6, 6.07) is 7.21. The van der Waals surface area contributed by atoms with Crippen molar-refractivity contribution in [3.8, 4) is 5.95 Å². The average molecular weight is 380 g/mol. The summed E-state index contributed by atoms with van der Waals surface area (Å²) in [6.45, 7) is 1.80. The van der Waals surface area contributed by atoms with Gasteiger partial charge in [-0.25, -0.2) is 4.98 Å². The zero-order valence-corrected chi connectivity index (χ0v) is 14.1. The van der Waals surface area contributed by atoms with E-state index in [-0.39, 0.29) is 17.6 Å². The number of amides is 1. The highest BCUT2D eigenvalue weighted by Crippen LogP contribution is 2.26. The maximum Gasteiger partial charge on any atom is 0.451 e. The number of anilines is 1. The van der Waals surface area contributed by atoms with Crippen LogP contribution >= 0.6 is 0 Å². The van der Waals surface area contributed by atoms with Gasteiger partial charge in [-0.2, -0.15) is 22.8 Å². The smallest absolute Gasteiger partial charge is 0.399 e. The number of benzene rings is 1. The Kier molecular flexibility index (Phi) is 4.79. The van der Waals surface area contributed by atoms with Crippen molar-refractivity contribution in [2.45, 2.75) is 19.5 Å². The van der Waals surface area contributed by atoms with Crippen LogP contribution in [0.4, 0.5) is 18.9 Å². The van der Waals surface area contributed by atoms with Gasteiger partial charge in [0.2, 0.25) is 11.6 Å². The molecule has 1 aromatic carbocycles. The van der Waals surface area contributed by atoms with E-state index in [1.165, 1.54) is 6.92 Å². The Balaban J connectivity index is 1.65. The molecule has 0 fully saturated rings. The molecule has 0 atom stereocenters. The number of aromatic nitrogens is 6. The van der Waals surface area contributed by atoms with Gasteiger partial charge in [0.05, 0.1) is 0 Å². The number of carbonyl (C=O) groups excluding carboxylic acids is 1. The topological polar surface area (TPSA) is 127 Å². The number of nitrogens with one attached hydrogen (secondary N) is 2. The number of H-pyrrole nitrogens is 1. The van der Waals surface area contributed by atoms with Crippen LogP contribution < -0.4 is 11.1 Å². The highest BCUT2D eigenvalue weighted by atomic mass is 19.4. The number of nitrogens with two attached hydrogens (primary N) is 1. The Morgan fingerprint density at radius 1 is 1.26 bits per heavy atom. The number of alkyl halides is 3. The van der Waals surface area contributed by atoms with Gasteiger partial charge in [-0.05, 0) is 31.0 Å². The van der Waals surface area contributed by atoms with E-state index in [1.54, 1.807) is 17.2 Å². The number of hydrogen-bond donors (Lipinski definition) is 3. The fourth-order valence-electron chi connectivity index (χ4n) is 2.23. The number of nitrogen functional groups attached to an aromatic ring is 1. The van der Waals surface area contributed by atoms with Crippen LogP contribution in [0.15, 0.2) is 24.3 Å². The molecule has 0 saturated heterocycles. The quantitative estimate of drug-likeness (QED) is 0.572. The third-order valence-corrected chi connectivity index (χ3v) is 3.58. The maximum absolute atomic E-state index is 12.6. The molecule has 9 nitrogen and oxygen atoms in total. The van der Waals surface area contributed by atoms with Crippen LogP contribution in [0.3, 0.4) is 0 Å². The van der Waals surface area contributed by atoms with E-state index in [4.69, 9.17) is 5.73 Å². The lowest BCUT2D eigenvalue weighted by molar-refractivity contribution is -0.144. The van der Waals surface area contributed by atoms with Gasteiger partial charge in [0.15, 0.2) is 0 Å². The predicted molar refractivity (Wildman–Crippen MR) is 87.9 cm³/mol. The summed E-state index contributed by atoms with van der Waals surface area (Å²) in [5.74, 6) is -2.19. The molecular formula is C15H15F3N8O. The lowest BCUT2D eigenvalue weighted by Crippen LogP contribution is -2.27. The number of aryl methyl sites for hydroxylation is 1. The first-order valence-corrected chi connectivity index (χ1v) is 7.80. The molecule has 0 aliphatic carbocycles. The van der Waals surface area contributed by atoms with Crippen LogP contribution in [-0.2, 0) is 12.6 Å². The minimum absolute atomic E-state index is 0.173. The molecule has 0 radical (unpaired) electrons. The minimum Gasteiger partial charge on any atom is -0.399 e. The highest BCUT2D eigenvalue weighted by molar-refractivity contribution is 5.90. The standard InChI is InChI=1S/C15H15F3N8O/c1-8-21-11(12(27)20-7-6-9-2-4-10(19)5-3-9)25-26(8)14-22-13(23-24-14)15(16,17)18/h2-5H,6-7,19H2,1H3,(H,20,27)(H,22,23,24). The molecule has 4 N–H and O–H groups in total. The number of rotatable bonds is 5. The molecule has 0 unspecified atom stereocenters. The van der Waals surface area contributed by atoms with Gasteiger partial charge in [-0.15, -0.1) is 10.2 Å². The molecule has 3 aromatic rings. The van der Waals surface area contributed by atoms with Crippen molar-refractivity contribution in [3.63, 3.8) is 0 Å². The third kappa shape index (κ3) is 4.22. The Morgan fingerprint density at radius 2 is 1.96 bits per heavy atom. The summed E-state index contributed by atoms with van der Waals surface area (Å²) in [7, 11) is 0. The predicted octanol–water partition coefficient (Wildman–Crippen LogP) is 1.27. The van der Waals surface area contributed by atoms with Gasteiger partial charge < -0.3 is 11.1 Å². The Morgan fingerprint density at radius 3 is 2.59 bits per heavy atom. The van der Waals surface area contributed by atoms with Gasteiger partial charge in [0.25, 0.3) is 11.9 Å².